The molecular weight excluding hydrogens is 242 g/mol. The van der Waals surface area contributed by atoms with Crippen LogP contribution in [0.1, 0.15) is 27.7 Å². The standard InChI is InChI=1S/C14H31N3O2/c1-12(2)14(18)17(5)9-11-19-10-8-15-6-7-16-13(3)4/h12-13,15-16H,6-11H2,1-5H3. The van der Waals surface area contributed by atoms with Gasteiger partial charge in [-0.25, -0.2) is 0 Å². The minimum atomic E-state index is 0.0557. The molecule has 0 saturated heterocycles. The van der Waals surface area contributed by atoms with E-state index in [-0.39, 0.29) is 11.8 Å². The average Bonchev–Trinajstić information content (AvgIpc) is 2.35. The summed E-state index contributed by atoms with van der Waals surface area (Å²) in [4.78, 5) is 13.3. The highest BCUT2D eigenvalue weighted by molar-refractivity contribution is 5.77. The van der Waals surface area contributed by atoms with Gasteiger partial charge < -0.3 is 20.3 Å². The number of nitrogens with one attached hydrogen (secondary N) is 2. The molecule has 0 fully saturated rings. The second kappa shape index (κ2) is 11.2. The van der Waals surface area contributed by atoms with Crippen LogP contribution in [0.15, 0.2) is 0 Å². The molecule has 2 N–H and O–H groups in total. The van der Waals surface area contributed by atoms with E-state index in [9.17, 15) is 4.79 Å². The van der Waals surface area contributed by atoms with Crippen molar-refractivity contribution in [2.75, 3.05) is 46.4 Å². The summed E-state index contributed by atoms with van der Waals surface area (Å²) in [7, 11) is 1.82. The van der Waals surface area contributed by atoms with Crippen molar-refractivity contribution in [1.82, 2.24) is 15.5 Å². The third-order valence-electron chi connectivity index (χ3n) is 2.72. The van der Waals surface area contributed by atoms with Gasteiger partial charge in [-0.2, -0.15) is 0 Å². The SMILES string of the molecule is CC(C)NCCNCCOCCN(C)C(=O)C(C)C. The molecule has 1 amide bonds. The van der Waals surface area contributed by atoms with Crippen LogP contribution in [0.2, 0.25) is 0 Å². The second-order valence-corrected chi connectivity index (χ2v) is 5.39. The molecule has 0 rings (SSSR count). The molecule has 0 radical (unpaired) electrons. The Labute approximate surface area is 118 Å². The predicted molar refractivity (Wildman–Crippen MR) is 79.3 cm³/mol. The van der Waals surface area contributed by atoms with Crippen molar-refractivity contribution in [2.45, 2.75) is 33.7 Å². The van der Waals surface area contributed by atoms with Crippen LogP contribution < -0.4 is 10.6 Å². The van der Waals surface area contributed by atoms with Crippen LogP contribution in [-0.2, 0) is 9.53 Å². The number of ether oxygens (including phenoxy) is 1. The molecule has 0 aliphatic rings. The summed E-state index contributed by atoms with van der Waals surface area (Å²) in [5, 5.41) is 6.64. The first-order valence-corrected chi connectivity index (χ1v) is 7.22. The Balaban J connectivity index is 3.29. The van der Waals surface area contributed by atoms with Crippen molar-refractivity contribution >= 4 is 5.91 Å². The summed E-state index contributed by atoms with van der Waals surface area (Å²) in [5.41, 5.74) is 0. The van der Waals surface area contributed by atoms with E-state index in [1.807, 2.05) is 20.9 Å². The summed E-state index contributed by atoms with van der Waals surface area (Å²) in [6, 6.07) is 0.534. The fraction of sp³-hybridized carbons (Fsp3) is 0.929. The van der Waals surface area contributed by atoms with Gasteiger partial charge in [-0.1, -0.05) is 27.7 Å². The van der Waals surface area contributed by atoms with E-state index in [0.29, 0.717) is 25.8 Å². The first-order chi connectivity index (χ1) is 8.95. The molecule has 5 nitrogen and oxygen atoms in total. The van der Waals surface area contributed by atoms with Gasteiger partial charge in [0.05, 0.1) is 13.2 Å². The van der Waals surface area contributed by atoms with Crippen LogP contribution >= 0.6 is 0 Å². The fourth-order valence-corrected chi connectivity index (χ4v) is 1.57. The van der Waals surface area contributed by atoms with Crippen LogP contribution in [0.5, 0.6) is 0 Å². The minimum absolute atomic E-state index is 0.0557. The molecule has 0 aliphatic carbocycles. The first-order valence-electron chi connectivity index (χ1n) is 7.22. The number of amides is 1. The van der Waals surface area contributed by atoms with Gasteiger partial charge in [-0.3, -0.25) is 4.79 Å². The van der Waals surface area contributed by atoms with Crippen molar-refractivity contribution in [3.05, 3.63) is 0 Å². The summed E-state index contributed by atoms with van der Waals surface area (Å²) < 4.78 is 5.49. The zero-order valence-corrected chi connectivity index (χ0v) is 13.2. The van der Waals surface area contributed by atoms with Crippen LogP contribution in [0.25, 0.3) is 0 Å². The van der Waals surface area contributed by atoms with Crippen LogP contribution in [0.4, 0.5) is 0 Å². The molecule has 5 heteroatoms. The van der Waals surface area contributed by atoms with E-state index in [0.717, 1.165) is 19.6 Å². The first kappa shape index (κ1) is 18.4. The molecule has 0 bridgehead atoms. The zero-order valence-electron chi connectivity index (χ0n) is 13.2. The number of nitrogens with zero attached hydrogens (tertiary/aromatic N) is 1. The molecule has 0 aromatic rings. The Morgan fingerprint density at radius 1 is 1.11 bits per heavy atom. The normalized spacial score (nSPS) is 11.3. The topological polar surface area (TPSA) is 53.6 Å². The molecule has 0 aromatic carbocycles. The fourth-order valence-electron chi connectivity index (χ4n) is 1.57. The molecule has 0 saturated carbocycles. The summed E-state index contributed by atoms with van der Waals surface area (Å²) in [5.74, 6) is 0.224. The van der Waals surface area contributed by atoms with Gasteiger partial charge in [0, 0.05) is 45.2 Å². The number of hydrogen-bond acceptors (Lipinski definition) is 4. The lowest BCUT2D eigenvalue weighted by Gasteiger charge is -2.19. The molecule has 114 valence electrons. The largest absolute Gasteiger partial charge is 0.378 e. The number of rotatable bonds is 11. The Morgan fingerprint density at radius 2 is 1.79 bits per heavy atom. The molecule has 0 aromatic heterocycles. The highest BCUT2D eigenvalue weighted by Gasteiger charge is 2.11. The summed E-state index contributed by atoms with van der Waals surface area (Å²) in [6.45, 7) is 12.8. The van der Waals surface area contributed by atoms with Gasteiger partial charge in [0.2, 0.25) is 5.91 Å². The van der Waals surface area contributed by atoms with E-state index in [1.165, 1.54) is 0 Å². The van der Waals surface area contributed by atoms with E-state index in [2.05, 4.69) is 24.5 Å². The van der Waals surface area contributed by atoms with Crippen LogP contribution in [0.3, 0.4) is 0 Å². The number of hydrogen-bond donors (Lipinski definition) is 2. The lowest BCUT2D eigenvalue weighted by Crippen LogP contribution is -2.34. The van der Waals surface area contributed by atoms with Crippen molar-refractivity contribution in [3.63, 3.8) is 0 Å². The van der Waals surface area contributed by atoms with E-state index in [4.69, 9.17) is 4.74 Å². The lowest BCUT2D eigenvalue weighted by molar-refractivity contribution is -0.133. The highest BCUT2D eigenvalue weighted by Crippen LogP contribution is 1.98. The third-order valence-corrected chi connectivity index (χ3v) is 2.72. The van der Waals surface area contributed by atoms with Gasteiger partial charge in [-0.05, 0) is 0 Å². The Bertz CT molecular complexity index is 233. The van der Waals surface area contributed by atoms with Gasteiger partial charge >= 0.3 is 0 Å². The molecule has 0 spiro atoms. The average molecular weight is 273 g/mol. The number of carbonyl (C=O) groups is 1. The molecular formula is C14H31N3O2. The van der Waals surface area contributed by atoms with E-state index < -0.39 is 0 Å². The molecule has 0 aliphatic heterocycles. The maximum Gasteiger partial charge on any atom is 0.224 e. The third kappa shape index (κ3) is 10.9. The van der Waals surface area contributed by atoms with Crippen LogP contribution in [-0.4, -0.2) is 63.3 Å². The van der Waals surface area contributed by atoms with Crippen LogP contribution in [0, 0.1) is 5.92 Å². The Kier molecular flexibility index (Phi) is 10.8. The minimum Gasteiger partial charge on any atom is -0.378 e. The number of carbonyl (C=O) groups excluding carboxylic acids is 1. The van der Waals surface area contributed by atoms with Gasteiger partial charge in [-0.15, -0.1) is 0 Å². The Hall–Kier alpha value is -0.650. The monoisotopic (exact) mass is 273 g/mol. The quantitative estimate of drug-likeness (QED) is 0.544. The molecule has 0 heterocycles. The van der Waals surface area contributed by atoms with Crippen molar-refractivity contribution in [3.8, 4) is 0 Å². The second-order valence-electron chi connectivity index (χ2n) is 5.39. The smallest absolute Gasteiger partial charge is 0.224 e. The van der Waals surface area contributed by atoms with E-state index >= 15 is 0 Å². The maximum atomic E-state index is 11.6. The molecule has 0 unspecified atom stereocenters. The maximum absolute atomic E-state index is 11.6. The summed E-state index contributed by atoms with van der Waals surface area (Å²) in [6.07, 6.45) is 0. The van der Waals surface area contributed by atoms with Gasteiger partial charge in [0.25, 0.3) is 0 Å². The highest BCUT2D eigenvalue weighted by atomic mass is 16.5. The lowest BCUT2D eigenvalue weighted by atomic mass is 10.2. The van der Waals surface area contributed by atoms with Gasteiger partial charge in [0.15, 0.2) is 0 Å². The predicted octanol–water partition coefficient (Wildman–Crippen LogP) is 0.705. The zero-order chi connectivity index (χ0) is 14.7. The molecule has 19 heavy (non-hydrogen) atoms. The van der Waals surface area contributed by atoms with E-state index in [1.54, 1.807) is 4.90 Å². The van der Waals surface area contributed by atoms with Crippen molar-refractivity contribution in [2.24, 2.45) is 5.92 Å². The van der Waals surface area contributed by atoms with Gasteiger partial charge in [0.1, 0.15) is 0 Å². The Morgan fingerprint density at radius 3 is 2.37 bits per heavy atom. The van der Waals surface area contributed by atoms with Crippen molar-refractivity contribution in [1.29, 1.82) is 0 Å². The van der Waals surface area contributed by atoms with Crippen molar-refractivity contribution < 1.29 is 9.53 Å². The summed E-state index contributed by atoms with van der Waals surface area (Å²) >= 11 is 0. The molecule has 0 atom stereocenters. The number of likely N-dealkylation sites (N-methyl/N-ethyl adjacent to an activating group) is 1.